The SMILES string of the molecule is CCO.CCO.Oc1ccc(O)cc1. The summed E-state index contributed by atoms with van der Waals surface area (Å²) in [5.41, 5.74) is 0. The van der Waals surface area contributed by atoms with Crippen molar-refractivity contribution in [2.24, 2.45) is 0 Å². The van der Waals surface area contributed by atoms with E-state index in [-0.39, 0.29) is 24.7 Å². The van der Waals surface area contributed by atoms with E-state index in [1.165, 1.54) is 24.3 Å². The van der Waals surface area contributed by atoms with Gasteiger partial charge in [-0.2, -0.15) is 0 Å². The maximum absolute atomic E-state index is 8.65. The fraction of sp³-hybridized carbons (Fsp3) is 0.400. The van der Waals surface area contributed by atoms with Crippen molar-refractivity contribution in [2.75, 3.05) is 13.2 Å². The molecule has 0 bridgehead atoms. The summed E-state index contributed by atoms with van der Waals surface area (Å²) in [6.07, 6.45) is 0. The Morgan fingerprint density at radius 3 is 1.07 bits per heavy atom. The van der Waals surface area contributed by atoms with Gasteiger partial charge in [-0.05, 0) is 38.1 Å². The Hall–Kier alpha value is -1.26. The zero-order chi connectivity index (χ0) is 11.4. The van der Waals surface area contributed by atoms with E-state index in [0.29, 0.717) is 0 Å². The molecule has 0 aliphatic rings. The van der Waals surface area contributed by atoms with Crippen molar-refractivity contribution in [3.05, 3.63) is 24.3 Å². The molecule has 1 aromatic carbocycles. The molecule has 0 spiro atoms. The third kappa shape index (κ3) is 13.3. The zero-order valence-electron chi connectivity index (χ0n) is 8.51. The quantitative estimate of drug-likeness (QED) is 0.475. The number of hydrogen-bond acceptors (Lipinski definition) is 4. The van der Waals surface area contributed by atoms with Gasteiger partial charge in [0.2, 0.25) is 0 Å². The van der Waals surface area contributed by atoms with Crippen molar-refractivity contribution in [2.45, 2.75) is 13.8 Å². The minimum Gasteiger partial charge on any atom is -0.508 e. The van der Waals surface area contributed by atoms with Crippen molar-refractivity contribution in [3.8, 4) is 11.5 Å². The van der Waals surface area contributed by atoms with Gasteiger partial charge in [0.1, 0.15) is 11.5 Å². The van der Waals surface area contributed by atoms with E-state index >= 15 is 0 Å². The van der Waals surface area contributed by atoms with Crippen LogP contribution in [0.4, 0.5) is 0 Å². The van der Waals surface area contributed by atoms with Gasteiger partial charge >= 0.3 is 0 Å². The van der Waals surface area contributed by atoms with Crippen molar-refractivity contribution in [3.63, 3.8) is 0 Å². The van der Waals surface area contributed by atoms with Crippen molar-refractivity contribution >= 4 is 0 Å². The number of hydrogen-bond donors (Lipinski definition) is 4. The maximum Gasteiger partial charge on any atom is 0.115 e. The Bertz CT molecular complexity index is 173. The van der Waals surface area contributed by atoms with Crippen molar-refractivity contribution in [1.82, 2.24) is 0 Å². The van der Waals surface area contributed by atoms with Crippen LogP contribution in [-0.4, -0.2) is 33.6 Å². The summed E-state index contributed by atoms with van der Waals surface area (Å²) in [7, 11) is 0. The average molecular weight is 202 g/mol. The Morgan fingerprint density at radius 2 is 0.929 bits per heavy atom. The molecule has 0 aliphatic carbocycles. The maximum atomic E-state index is 8.65. The normalized spacial score (nSPS) is 7.71. The van der Waals surface area contributed by atoms with Crippen LogP contribution in [0.2, 0.25) is 0 Å². The van der Waals surface area contributed by atoms with Crippen LogP contribution < -0.4 is 0 Å². The van der Waals surface area contributed by atoms with Crippen LogP contribution in [0.15, 0.2) is 24.3 Å². The summed E-state index contributed by atoms with van der Waals surface area (Å²) < 4.78 is 0. The van der Waals surface area contributed by atoms with Gasteiger partial charge in [0, 0.05) is 13.2 Å². The summed E-state index contributed by atoms with van der Waals surface area (Å²) in [6, 6.07) is 5.70. The average Bonchev–Trinajstić information content (AvgIpc) is 2.13. The Kier molecular flexibility index (Phi) is 12.8. The van der Waals surface area contributed by atoms with E-state index < -0.39 is 0 Å². The Balaban J connectivity index is 0. The van der Waals surface area contributed by atoms with E-state index in [0.717, 1.165) is 0 Å². The summed E-state index contributed by atoms with van der Waals surface area (Å²) in [6.45, 7) is 3.86. The largest absolute Gasteiger partial charge is 0.508 e. The zero-order valence-corrected chi connectivity index (χ0v) is 8.51. The molecule has 0 heterocycles. The monoisotopic (exact) mass is 202 g/mol. The molecule has 1 aromatic rings. The highest BCUT2D eigenvalue weighted by atomic mass is 16.3. The summed E-state index contributed by atoms with van der Waals surface area (Å²) >= 11 is 0. The molecule has 0 saturated carbocycles. The van der Waals surface area contributed by atoms with Gasteiger partial charge in [0.05, 0.1) is 0 Å². The van der Waals surface area contributed by atoms with Crippen LogP contribution in [0.3, 0.4) is 0 Å². The molecule has 0 aromatic heterocycles. The van der Waals surface area contributed by atoms with Crippen LogP contribution in [0.1, 0.15) is 13.8 Å². The first kappa shape index (κ1) is 15.2. The molecule has 0 unspecified atom stereocenters. The number of aliphatic hydroxyl groups is 2. The van der Waals surface area contributed by atoms with E-state index in [1.54, 1.807) is 13.8 Å². The van der Waals surface area contributed by atoms with Gasteiger partial charge in [0.15, 0.2) is 0 Å². The number of aliphatic hydroxyl groups excluding tert-OH is 2. The first-order chi connectivity index (χ1) is 6.62. The lowest BCUT2D eigenvalue weighted by molar-refractivity contribution is 0.318. The van der Waals surface area contributed by atoms with Gasteiger partial charge in [0.25, 0.3) is 0 Å². The highest BCUT2D eigenvalue weighted by molar-refractivity contribution is 5.28. The molecule has 4 heteroatoms. The lowest BCUT2D eigenvalue weighted by atomic mass is 10.3. The second kappa shape index (κ2) is 11.7. The van der Waals surface area contributed by atoms with Crippen LogP contribution >= 0.6 is 0 Å². The van der Waals surface area contributed by atoms with E-state index in [1.807, 2.05) is 0 Å². The second-order valence-electron chi connectivity index (χ2n) is 2.15. The highest BCUT2D eigenvalue weighted by Crippen LogP contribution is 2.13. The number of phenols is 2. The fourth-order valence-electron chi connectivity index (χ4n) is 0.453. The molecule has 0 atom stereocenters. The second-order valence-corrected chi connectivity index (χ2v) is 2.15. The molecular weight excluding hydrogens is 184 g/mol. The molecule has 0 fully saturated rings. The molecular formula is C10H18O4. The molecule has 82 valence electrons. The van der Waals surface area contributed by atoms with Crippen LogP contribution in [-0.2, 0) is 0 Å². The Morgan fingerprint density at radius 1 is 0.786 bits per heavy atom. The summed E-state index contributed by atoms with van der Waals surface area (Å²) in [5, 5.41) is 32.4. The molecule has 0 radical (unpaired) electrons. The van der Waals surface area contributed by atoms with Crippen molar-refractivity contribution < 1.29 is 20.4 Å². The molecule has 0 aliphatic heterocycles. The number of rotatable bonds is 0. The number of phenolic OH excluding ortho intramolecular Hbond substituents is 2. The first-order valence-electron chi connectivity index (χ1n) is 4.32. The number of aromatic hydroxyl groups is 2. The predicted molar refractivity (Wildman–Crippen MR) is 55.3 cm³/mol. The van der Waals surface area contributed by atoms with Crippen LogP contribution in [0, 0.1) is 0 Å². The van der Waals surface area contributed by atoms with Crippen molar-refractivity contribution in [1.29, 1.82) is 0 Å². The molecule has 4 nitrogen and oxygen atoms in total. The Labute approximate surface area is 84.1 Å². The standard InChI is InChI=1S/C6H6O2.2C2H6O/c7-5-1-2-6(8)4-3-5;2*1-2-3/h1-4,7-8H;2*3H,2H2,1H3. The molecule has 0 amide bonds. The van der Waals surface area contributed by atoms with Gasteiger partial charge in [-0.15, -0.1) is 0 Å². The van der Waals surface area contributed by atoms with E-state index in [4.69, 9.17) is 20.4 Å². The van der Waals surface area contributed by atoms with Crippen LogP contribution in [0.25, 0.3) is 0 Å². The van der Waals surface area contributed by atoms with Gasteiger partial charge in [-0.3, -0.25) is 0 Å². The first-order valence-corrected chi connectivity index (χ1v) is 4.32. The van der Waals surface area contributed by atoms with Crippen LogP contribution in [0.5, 0.6) is 11.5 Å². The van der Waals surface area contributed by atoms with E-state index in [9.17, 15) is 0 Å². The minimum absolute atomic E-state index is 0.169. The lowest BCUT2D eigenvalue weighted by Gasteiger charge is -1.88. The third-order valence-corrected chi connectivity index (χ3v) is 0.850. The van der Waals surface area contributed by atoms with E-state index in [2.05, 4.69) is 0 Å². The lowest BCUT2D eigenvalue weighted by Crippen LogP contribution is -1.61. The summed E-state index contributed by atoms with van der Waals surface area (Å²) in [4.78, 5) is 0. The summed E-state index contributed by atoms with van der Waals surface area (Å²) in [5.74, 6) is 0.339. The molecule has 14 heavy (non-hydrogen) atoms. The van der Waals surface area contributed by atoms with Gasteiger partial charge in [-0.1, -0.05) is 0 Å². The highest BCUT2D eigenvalue weighted by Gasteiger charge is 1.84. The smallest absolute Gasteiger partial charge is 0.115 e. The number of benzene rings is 1. The van der Waals surface area contributed by atoms with Gasteiger partial charge < -0.3 is 20.4 Å². The molecule has 4 N–H and O–H groups in total. The molecule has 1 rings (SSSR count). The minimum atomic E-state index is 0.169. The fourth-order valence-corrected chi connectivity index (χ4v) is 0.453. The molecule has 0 saturated heterocycles. The third-order valence-electron chi connectivity index (χ3n) is 0.850. The topological polar surface area (TPSA) is 80.9 Å². The predicted octanol–water partition coefficient (Wildman–Crippen LogP) is 1.09. The van der Waals surface area contributed by atoms with Gasteiger partial charge in [-0.25, -0.2) is 0 Å².